The molecule has 0 N–H and O–H groups in total. The van der Waals surface area contributed by atoms with E-state index in [2.05, 4.69) is 4.98 Å². The molecule has 0 aromatic carbocycles. The molecule has 17 heavy (non-hydrogen) atoms. The predicted octanol–water partition coefficient (Wildman–Crippen LogP) is 3.07. The molecule has 0 amide bonds. The molecule has 90 valence electrons. The molecule has 0 aliphatic heterocycles. The fourth-order valence-electron chi connectivity index (χ4n) is 1.41. The molecule has 5 nitrogen and oxygen atoms in total. The average molecular weight is 256 g/mol. The highest BCUT2D eigenvalue weighted by Gasteiger charge is 2.24. The van der Waals surface area contributed by atoms with Crippen LogP contribution in [0.25, 0.3) is 11.3 Å². The molecular formula is C11H10ClNO4. The maximum atomic E-state index is 11.7. The Hall–Kier alpha value is -1.75. The predicted molar refractivity (Wildman–Crippen MR) is 59.9 cm³/mol. The van der Waals surface area contributed by atoms with Crippen molar-refractivity contribution in [3.05, 3.63) is 29.2 Å². The number of rotatable bonds is 3. The van der Waals surface area contributed by atoms with Crippen LogP contribution in [0.2, 0.25) is 5.22 Å². The summed E-state index contributed by atoms with van der Waals surface area (Å²) in [6.45, 7) is 3.61. The van der Waals surface area contributed by atoms with E-state index < -0.39 is 5.97 Å². The normalized spacial score (nSPS) is 10.5. The van der Waals surface area contributed by atoms with E-state index in [1.54, 1.807) is 19.9 Å². The summed E-state index contributed by atoms with van der Waals surface area (Å²) in [6, 6.07) is 1.61. The van der Waals surface area contributed by atoms with Gasteiger partial charge in [-0.3, -0.25) is 0 Å². The van der Waals surface area contributed by atoms with Gasteiger partial charge in [0.05, 0.1) is 18.4 Å². The molecule has 0 radical (unpaired) electrons. The highest BCUT2D eigenvalue weighted by Crippen LogP contribution is 2.31. The van der Waals surface area contributed by atoms with Gasteiger partial charge in [0.1, 0.15) is 5.69 Å². The van der Waals surface area contributed by atoms with Crippen molar-refractivity contribution in [1.29, 1.82) is 0 Å². The molecule has 0 spiro atoms. The topological polar surface area (TPSA) is 65.5 Å². The Bertz CT molecular complexity index is 543. The van der Waals surface area contributed by atoms with Crippen molar-refractivity contribution in [2.75, 3.05) is 6.61 Å². The molecule has 2 aromatic rings. The van der Waals surface area contributed by atoms with Gasteiger partial charge in [0.2, 0.25) is 11.0 Å². The van der Waals surface area contributed by atoms with Gasteiger partial charge in [-0.05, 0) is 24.6 Å². The summed E-state index contributed by atoms with van der Waals surface area (Å²) in [7, 11) is 0. The monoisotopic (exact) mass is 255 g/mol. The minimum Gasteiger partial charge on any atom is -0.460 e. The Balaban J connectivity index is 2.48. The smallest absolute Gasteiger partial charge is 0.376 e. The Morgan fingerprint density at radius 2 is 2.35 bits per heavy atom. The van der Waals surface area contributed by atoms with Crippen LogP contribution in [-0.2, 0) is 4.74 Å². The van der Waals surface area contributed by atoms with Crippen LogP contribution in [0, 0.1) is 6.92 Å². The Morgan fingerprint density at radius 3 is 2.94 bits per heavy atom. The molecule has 0 bridgehead atoms. The third-order valence-electron chi connectivity index (χ3n) is 2.07. The van der Waals surface area contributed by atoms with E-state index in [9.17, 15) is 4.79 Å². The van der Waals surface area contributed by atoms with Gasteiger partial charge in [0.15, 0.2) is 5.89 Å². The second-order valence-electron chi connectivity index (χ2n) is 3.24. The summed E-state index contributed by atoms with van der Waals surface area (Å²) in [5.41, 5.74) is 0.839. The summed E-state index contributed by atoms with van der Waals surface area (Å²) in [5.74, 6) is -0.173. The summed E-state index contributed by atoms with van der Waals surface area (Å²) >= 11 is 5.84. The van der Waals surface area contributed by atoms with Crippen molar-refractivity contribution in [3.8, 4) is 11.3 Å². The minimum absolute atomic E-state index is 0.0349. The molecular weight excluding hydrogens is 246 g/mol. The van der Waals surface area contributed by atoms with Crippen LogP contribution in [0.3, 0.4) is 0 Å². The number of aromatic nitrogens is 1. The highest BCUT2D eigenvalue weighted by atomic mass is 35.5. The van der Waals surface area contributed by atoms with E-state index in [1.807, 2.05) is 0 Å². The third-order valence-corrected chi connectivity index (χ3v) is 2.36. The molecule has 0 unspecified atom stereocenters. The zero-order valence-corrected chi connectivity index (χ0v) is 10.1. The summed E-state index contributed by atoms with van der Waals surface area (Å²) < 4.78 is 15.0. The van der Waals surface area contributed by atoms with Crippen molar-refractivity contribution in [2.24, 2.45) is 0 Å². The molecule has 0 atom stereocenters. The van der Waals surface area contributed by atoms with E-state index in [4.69, 9.17) is 25.2 Å². The lowest BCUT2D eigenvalue weighted by molar-refractivity contribution is 0.0490. The molecule has 2 rings (SSSR count). The standard InChI is InChI=1S/C11H10ClNO4/c1-3-15-11(14)9-8(13-6(2)17-9)7-4-5-16-10(7)12/h4-5H,3H2,1-2H3. The van der Waals surface area contributed by atoms with Crippen LogP contribution in [0.15, 0.2) is 21.2 Å². The lowest BCUT2D eigenvalue weighted by atomic mass is 10.2. The Morgan fingerprint density at radius 1 is 1.59 bits per heavy atom. The van der Waals surface area contributed by atoms with E-state index in [0.29, 0.717) is 17.1 Å². The number of aryl methyl sites for hydroxylation is 1. The Kier molecular flexibility index (Phi) is 3.19. The van der Waals surface area contributed by atoms with Crippen LogP contribution >= 0.6 is 11.6 Å². The van der Waals surface area contributed by atoms with Crippen LogP contribution in [-0.4, -0.2) is 17.6 Å². The van der Waals surface area contributed by atoms with Crippen molar-refractivity contribution in [2.45, 2.75) is 13.8 Å². The van der Waals surface area contributed by atoms with Crippen molar-refractivity contribution < 1.29 is 18.4 Å². The number of hydrogen-bond acceptors (Lipinski definition) is 5. The first-order chi connectivity index (χ1) is 8.13. The number of hydrogen-bond donors (Lipinski definition) is 0. The Labute approximate surface area is 102 Å². The fourth-order valence-corrected chi connectivity index (χ4v) is 1.61. The van der Waals surface area contributed by atoms with E-state index in [0.717, 1.165) is 0 Å². The van der Waals surface area contributed by atoms with Gasteiger partial charge in [-0.2, -0.15) is 0 Å². The summed E-state index contributed by atoms with van der Waals surface area (Å²) in [5, 5.41) is 0.156. The van der Waals surface area contributed by atoms with Gasteiger partial charge >= 0.3 is 5.97 Å². The second-order valence-corrected chi connectivity index (χ2v) is 3.58. The van der Waals surface area contributed by atoms with Gasteiger partial charge in [-0.1, -0.05) is 0 Å². The van der Waals surface area contributed by atoms with Gasteiger partial charge in [0.25, 0.3) is 0 Å². The van der Waals surface area contributed by atoms with Crippen LogP contribution in [0.4, 0.5) is 0 Å². The van der Waals surface area contributed by atoms with Gasteiger partial charge in [0, 0.05) is 6.92 Å². The number of halogens is 1. The molecule has 0 fully saturated rings. The van der Waals surface area contributed by atoms with Crippen molar-refractivity contribution >= 4 is 17.6 Å². The van der Waals surface area contributed by atoms with Crippen molar-refractivity contribution in [1.82, 2.24) is 4.98 Å². The minimum atomic E-state index is -0.569. The number of furan rings is 1. The van der Waals surface area contributed by atoms with Crippen LogP contribution in [0.1, 0.15) is 23.4 Å². The zero-order chi connectivity index (χ0) is 12.4. The molecule has 0 saturated heterocycles. The molecule has 0 saturated carbocycles. The van der Waals surface area contributed by atoms with E-state index in [-0.39, 0.29) is 17.6 Å². The quantitative estimate of drug-likeness (QED) is 0.789. The lowest BCUT2D eigenvalue weighted by Gasteiger charge is -1.99. The van der Waals surface area contributed by atoms with Gasteiger partial charge < -0.3 is 13.6 Å². The van der Waals surface area contributed by atoms with Crippen LogP contribution in [0.5, 0.6) is 0 Å². The lowest BCUT2D eigenvalue weighted by Crippen LogP contribution is -2.04. The largest absolute Gasteiger partial charge is 0.460 e. The first-order valence-corrected chi connectivity index (χ1v) is 5.39. The fraction of sp³-hybridized carbons (Fsp3) is 0.273. The molecule has 6 heteroatoms. The first kappa shape index (κ1) is 11.7. The average Bonchev–Trinajstić information content (AvgIpc) is 2.84. The summed E-state index contributed by atoms with van der Waals surface area (Å²) in [6.07, 6.45) is 1.41. The van der Waals surface area contributed by atoms with Crippen LogP contribution < -0.4 is 0 Å². The highest BCUT2D eigenvalue weighted by molar-refractivity contribution is 6.31. The first-order valence-electron chi connectivity index (χ1n) is 5.01. The number of nitrogens with zero attached hydrogens (tertiary/aromatic N) is 1. The second kappa shape index (κ2) is 4.63. The SMILES string of the molecule is CCOC(=O)c1oc(C)nc1-c1ccoc1Cl. The maximum absolute atomic E-state index is 11.7. The number of oxazole rings is 1. The van der Waals surface area contributed by atoms with E-state index in [1.165, 1.54) is 6.26 Å². The third kappa shape index (κ3) is 2.19. The number of carbonyl (C=O) groups excluding carboxylic acids is 1. The number of esters is 1. The molecule has 0 aliphatic rings. The van der Waals surface area contributed by atoms with Crippen molar-refractivity contribution in [3.63, 3.8) is 0 Å². The molecule has 0 aliphatic carbocycles. The van der Waals surface area contributed by atoms with E-state index >= 15 is 0 Å². The molecule has 2 aromatic heterocycles. The number of carbonyl (C=O) groups is 1. The zero-order valence-electron chi connectivity index (χ0n) is 9.32. The summed E-state index contributed by atoms with van der Waals surface area (Å²) in [4.78, 5) is 15.8. The molecule has 2 heterocycles. The maximum Gasteiger partial charge on any atom is 0.376 e. The van der Waals surface area contributed by atoms with Gasteiger partial charge in [-0.15, -0.1) is 0 Å². The van der Waals surface area contributed by atoms with Gasteiger partial charge in [-0.25, -0.2) is 9.78 Å². The number of ether oxygens (including phenoxy) is 1.